The topological polar surface area (TPSA) is 75.6 Å². The summed E-state index contributed by atoms with van der Waals surface area (Å²) in [5, 5.41) is 12.0. The minimum Gasteiger partial charge on any atom is -0.481 e. The molecule has 1 aromatic rings. The molecule has 0 fully saturated rings. The molecular formula is C14H18ClNO4. The van der Waals surface area contributed by atoms with Crippen molar-refractivity contribution in [2.75, 3.05) is 0 Å². The lowest BCUT2D eigenvalue weighted by atomic mass is 10.0. The van der Waals surface area contributed by atoms with Gasteiger partial charge in [0.05, 0.1) is 0 Å². The van der Waals surface area contributed by atoms with E-state index in [4.69, 9.17) is 21.4 Å². The number of nitrogens with one attached hydrogen (secondary N) is 1. The van der Waals surface area contributed by atoms with E-state index in [-0.39, 0.29) is 5.92 Å². The Kier molecular flexibility index (Phi) is 5.82. The summed E-state index contributed by atoms with van der Waals surface area (Å²) in [6.45, 7) is 5.00. The number of amides is 1. The van der Waals surface area contributed by atoms with Crippen molar-refractivity contribution in [1.29, 1.82) is 0 Å². The second-order valence-electron chi connectivity index (χ2n) is 4.79. The van der Waals surface area contributed by atoms with Crippen LogP contribution in [0.15, 0.2) is 24.3 Å². The molecule has 0 saturated heterocycles. The molecule has 0 aliphatic carbocycles. The molecule has 2 atom stereocenters. The van der Waals surface area contributed by atoms with E-state index in [1.807, 2.05) is 0 Å². The van der Waals surface area contributed by atoms with Gasteiger partial charge >= 0.3 is 5.97 Å². The number of carbonyl (C=O) groups excluding carboxylic acids is 1. The van der Waals surface area contributed by atoms with E-state index < -0.39 is 24.0 Å². The second-order valence-corrected chi connectivity index (χ2v) is 5.22. The lowest BCUT2D eigenvalue weighted by Gasteiger charge is -2.21. The van der Waals surface area contributed by atoms with Crippen LogP contribution in [0.2, 0.25) is 5.02 Å². The molecule has 110 valence electrons. The number of benzene rings is 1. The van der Waals surface area contributed by atoms with Crippen LogP contribution in [0.1, 0.15) is 20.8 Å². The van der Waals surface area contributed by atoms with Crippen molar-refractivity contribution in [2.45, 2.75) is 32.9 Å². The number of carbonyl (C=O) groups is 2. The van der Waals surface area contributed by atoms with Gasteiger partial charge in [0.15, 0.2) is 6.10 Å². The van der Waals surface area contributed by atoms with Crippen molar-refractivity contribution >= 4 is 23.5 Å². The van der Waals surface area contributed by atoms with Crippen molar-refractivity contribution in [3.8, 4) is 5.75 Å². The first-order chi connectivity index (χ1) is 9.31. The molecule has 0 saturated carbocycles. The molecule has 0 heterocycles. The summed E-state index contributed by atoms with van der Waals surface area (Å²) < 4.78 is 5.43. The maximum atomic E-state index is 11.9. The zero-order valence-electron chi connectivity index (χ0n) is 11.6. The van der Waals surface area contributed by atoms with Gasteiger partial charge in [0.1, 0.15) is 11.8 Å². The molecule has 0 radical (unpaired) electrons. The van der Waals surface area contributed by atoms with Crippen molar-refractivity contribution < 1.29 is 19.4 Å². The number of hydrogen-bond acceptors (Lipinski definition) is 3. The number of carboxylic acid groups (broad SMARTS) is 1. The zero-order valence-corrected chi connectivity index (χ0v) is 12.3. The molecular weight excluding hydrogens is 282 g/mol. The molecule has 2 N–H and O–H groups in total. The Bertz CT molecular complexity index is 490. The average Bonchev–Trinajstić information content (AvgIpc) is 2.34. The molecule has 1 amide bonds. The summed E-state index contributed by atoms with van der Waals surface area (Å²) in [5.74, 6) is -1.30. The van der Waals surface area contributed by atoms with E-state index in [2.05, 4.69) is 5.32 Å². The van der Waals surface area contributed by atoms with Crippen LogP contribution in [-0.4, -0.2) is 29.1 Å². The molecule has 0 aliphatic rings. The van der Waals surface area contributed by atoms with Gasteiger partial charge in [-0.3, -0.25) is 4.79 Å². The standard InChI is InChI=1S/C14H18ClNO4/c1-8(2)12(14(18)19)16-13(17)9(3)20-11-6-4-5-10(15)7-11/h4-9,12H,1-3H3,(H,16,17)(H,18,19)/t9?,12-/m1/s1. The third kappa shape index (κ3) is 4.74. The Morgan fingerprint density at radius 1 is 1.30 bits per heavy atom. The van der Waals surface area contributed by atoms with E-state index in [9.17, 15) is 9.59 Å². The van der Waals surface area contributed by atoms with E-state index >= 15 is 0 Å². The molecule has 0 aromatic heterocycles. The first-order valence-electron chi connectivity index (χ1n) is 6.26. The molecule has 1 rings (SSSR count). The third-order valence-corrected chi connectivity index (χ3v) is 2.94. The number of halogens is 1. The summed E-state index contributed by atoms with van der Waals surface area (Å²) in [6.07, 6.45) is -0.811. The highest BCUT2D eigenvalue weighted by Crippen LogP contribution is 2.18. The van der Waals surface area contributed by atoms with E-state index in [1.165, 1.54) is 0 Å². The quantitative estimate of drug-likeness (QED) is 0.845. The fourth-order valence-corrected chi connectivity index (χ4v) is 1.76. The molecule has 5 nitrogen and oxygen atoms in total. The number of hydrogen-bond donors (Lipinski definition) is 2. The largest absolute Gasteiger partial charge is 0.481 e. The monoisotopic (exact) mass is 299 g/mol. The van der Waals surface area contributed by atoms with Crippen LogP contribution in [0.5, 0.6) is 5.75 Å². The summed E-state index contributed by atoms with van der Waals surface area (Å²) in [4.78, 5) is 22.9. The first-order valence-corrected chi connectivity index (χ1v) is 6.64. The van der Waals surface area contributed by atoms with E-state index in [0.717, 1.165) is 0 Å². The van der Waals surface area contributed by atoms with E-state index in [0.29, 0.717) is 10.8 Å². The smallest absolute Gasteiger partial charge is 0.326 e. The fraction of sp³-hybridized carbons (Fsp3) is 0.429. The van der Waals surface area contributed by atoms with Gasteiger partial charge in [0.2, 0.25) is 0 Å². The Morgan fingerprint density at radius 3 is 2.45 bits per heavy atom. The minimum absolute atomic E-state index is 0.213. The minimum atomic E-state index is -1.07. The zero-order chi connectivity index (χ0) is 15.3. The predicted octanol–water partition coefficient (Wildman–Crippen LogP) is 2.33. The van der Waals surface area contributed by atoms with Crippen LogP contribution < -0.4 is 10.1 Å². The highest BCUT2D eigenvalue weighted by Gasteiger charge is 2.26. The first kappa shape index (κ1) is 16.3. The Labute approximate surface area is 122 Å². The van der Waals surface area contributed by atoms with Crippen molar-refractivity contribution in [2.24, 2.45) is 5.92 Å². The third-order valence-electron chi connectivity index (χ3n) is 2.71. The Hall–Kier alpha value is -1.75. The van der Waals surface area contributed by atoms with Gasteiger partial charge in [-0.25, -0.2) is 4.79 Å². The summed E-state index contributed by atoms with van der Waals surface area (Å²) in [5.41, 5.74) is 0. The lowest BCUT2D eigenvalue weighted by molar-refractivity contribution is -0.144. The highest BCUT2D eigenvalue weighted by atomic mass is 35.5. The summed E-state index contributed by atoms with van der Waals surface area (Å²) in [6, 6.07) is 5.72. The molecule has 6 heteroatoms. The van der Waals surface area contributed by atoms with Crippen molar-refractivity contribution in [3.05, 3.63) is 29.3 Å². The fourth-order valence-electron chi connectivity index (χ4n) is 1.58. The van der Waals surface area contributed by atoms with Gasteiger partial charge in [0.25, 0.3) is 5.91 Å². The van der Waals surface area contributed by atoms with Crippen molar-refractivity contribution in [3.63, 3.8) is 0 Å². The van der Waals surface area contributed by atoms with Crippen LogP contribution in [0.3, 0.4) is 0 Å². The number of carboxylic acids is 1. The maximum absolute atomic E-state index is 11.9. The highest BCUT2D eigenvalue weighted by molar-refractivity contribution is 6.30. The molecule has 1 aromatic carbocycles. The predicted molar refractivity (Wildman–Crippen MR) is 75.9 cm³/mol. The Morgan fingerprint density at radius 2 is 1.95 bits per heavy atom. The number of rotatable bonds is 6. The van der Waals surface area contributed by atoms with Crippen LogP contribution in [-0.2, 0) is 9.59 Å². The molecule has 0 spiro atoms. The average molecular weight is 300 g/mol. The number of ether oxygens (including phenoxy) is 1. The van der Waals surface area contributed by atoms with Gasteiger partial charge in [-0.05, 0) is 31.0 Å². The normalized spacial score (nSPS) is 13.7. The van der Waals surface area contributed by atoms with Crippen LogP contribution in [0, 0.1) is 5.92 Å². The summed E-state index contributed by atoms with van der Waals surface area (Å²) in [7, 11) is 0. The Balaban J connectivity index is 2.65. The van der Waals surface area contributed by atoms with E-state index in [1.54, 1.807) is 45.0 Å². The second kappa shape index (κ2) is 7.14. The van der Waals surface area contributed by atoms with Gasteiger partial charge in [-0.1, -0.05) is 31.5 Å². The van der Waals surface area contributed by atoms with Gasteiger partial charge in [-0.15, -0.1) is 0 Å². The summed E-state index contributed by atoms with van der Waals surface area (Å²) >= 11 is 5.82. The van der Waals surface area contributed by atoms with Gasteiger partial charge in [0, 0.05) is 5.02 Å². The van der Waals surface area contributed by atoms with Crippen molar-refractivity contribution in [1.82, 2.24) is 5.32 Å². The lowest BCUT2D eigenvalue weighted by Crippen LogP contribution is -2.48. The van der Waals surface area contributed by atoms with Crippen LogP contribution in [0.4, 0.5) is 0 Å². The SMILES string of the molecule is CC(Oc1cccc(Cl)c1)C(=O)N[C@@H](C(=O)O)C(C)C. The maximum Gasteiger partial charge on any atom is 0.326 e. The molecule has 0 aliphatic heterocycles. The molecule has 0 bridgehead atoms. The van der Waals surface area contributed by atoms with Gasteiger partial charge in [-0.2, -0.15) is 0 Å². The molecule has 20 heavy (non-hydrogen) atoms. The molecule has 1 unspecified atom stereocenters. The number of aliphatic carboxylic acids is 1. The van der Waals surface area contributed by atoms with Crippen LogP contribution in [0.25, 0.3) is 0 Å². The van der Waals surface area contributed by atoms with Gasteiger partial charge < -0.3 is 15.2 Å². The van der Waals surface area contributed by atoms with Crippen LogP contribution >= 0.6 is 11.6 Å².